The van der Waals surface area contributed by atoms with E-state index >= 15 is 0 Å². The fourth-order valence-electron chi connectivity index (χ4n) is 3.10. The third kappa shape index (κ3) is 4.18. The van der Waals surface area contributed by atoms with Gasteiger partial charge >= 0.3 is 0 Å². The highest BCUT2D eigenvalue weighted by Gasteiger charge is 2.26. The summed E-state index contributed by atoms with van der Waals surface area (Å²) in [7, 11) is -2.16. The molecule has 0 fully saturated rings. The van der Waals surface area contributed by atoms with E-state index in [1.54, 1.807) is 31.3 Å². The lowest BCUT2D eigenvalue weighted by Gasteiger charge is -2.16. The van der Waals surface area contributed by atoms with Crippen LogP contribution >= 0.6 is 0 Å². The van der Waals surface area contributed by atoms with Crippen molar-refractivity contribution < 1.29 is 22.7 Å². The van der Waals surface area contributed by atoms with Gasteiger partial charge in [-0.2, -0.15) is 0 Å². The van der Waals surface area contributed by atoms with E-state index < -0.39 is 15.9 Å². The van der Waals surface area contributed by atoms with Crippen LogP contribution in [0.4, 0.5) is 10.1 Å². The van der Waals surface area contributed by atoms with Crippen LogP contribution in [0.1, 0.15) is 11.1 Å². The molecule has 1 heterocycles. The van der Waals surface area contributed by atoms with Gasteiger partial charge in [0.25, 0.3) is 0 Å². The van der Waals surface area contributed by atoms with E-state index in [0.717, 1.165) is 0 Å². The SMILES string of the molecule is CN1C(=O)Cc2cc(S(=O)(=O)NCC(CO)Cc3ccccc3F)ccc21. The fourth-order valence-corrected chi connectivity index (χ4v) is 4.27. The lowest BCUT2D eigenvalue weighted by Crippen LogP contribution is -2.32. The summed E-state index contributed by atoms with van der Waals surface area (Å²) in [5, 5.41) is 9.53. The van der Waals surface area contributed by atoms with E-state index in [4.69, 9.17) is 0 Å². The summed E-state index contributed by atoms with van der Waals surface area (Å²) < 4.78 is 41.4. The molecule has 0 aromatic heterocycles. The molecule has 0 radical (unpaired) electrons. The topological polar surface area (TPSA) is 86.7 Å². The Morgan fingerprint density at radius 2 is 2.00 bits per heavy atom. The molecule has 1 aliphatic heterocycles. The average molecular weight is 392 g/mol. The summed E-state index contributed by atoms with van der Waals surface area (Å²) in [6.45, 7) is -0.302. The number of aliphatic hydroxyl groups is 1. The molecule has 3 rings (SSSR count). The summed E-state index contributed by atoms with van der Waals surface area (Å²) in [4.78, 5) is 13.3. The quantitative estimate of drug-likeness (QED) is 0.747. The second-order valence-electron chi connectivity index (χ2n) is 6.62. The highest BCUT2D eigenvalue weighted by Crippen LogP contribution is 2.29. The Labute approximate surface area is 157 Å². The average Bonchev–Trinajstić information content (AvgIpc) is 2.93. The molecule has 0 aliphatic carbocycles. The van der Waals surface area contributed by atoms with Crippen LogP contribution in [0.25, 0.3) is 0 Å². The molecular formula is C19H21FN2O4S. The Hall–Kier alpha value is -2.29. The van der Waals surface area contributed by atoms with E-state index in [2.05, 4.69) is 4.72 Å². The molecule has 1 unspecified atom stereocenters. The van der Waals surface area contributed by atoms with Gasteiger partial charge in [0, 0.05) is 25.9 Å². The molecular weight excluding hydrogens is 371 g/mol. The number of anilines is 1. The molecule has 8 heteroatoms. The zero-order chi connectivity index (χ0) is 19.6. The first kappa shape index (κ1) is 19.5. The normalized spacial score (nSPS) is 15.1. The number of nitrogens with one attached hydrogen (secondary N) is 1. The van der Waals surface area contributed by atoms with Crippen molar-refractivity contribution in [2.75, 3.05) is 25.1 Å². The first-order valence-electron chi connectivity index (χ1n) is 8.55. The first-order chi connectivity index (χ1) is 12.8. The molecule has 144 valence electrons. The van der Waals surface area contributed by atoms with E-state index in [9.17, 15) is 22.7 Å². The number of amides is 1. The molecule has 0 saturated carbocycles. The van der Waals surface area contributed by atoms with Gasteiger partial charge in [-0.05, 0) is 47.7 Å². The number of hydrogen-bond acceptors (Lipinski definition) is 4. The second kappa shape index (κ2) is 7.75. The van der Waals surface area contributed by atoms with Crippen molar-refractivity contribution in [3.8, 4) is 0 Å². The van der Waals surface area contributed by atoms with Gasteiger partial charge in [-0.15, -0.1) is 0 Å². The van der Waals surface area contributed by atoms with E-state index in [1.165, 1.54) is 23.1 Å². The van der Waals surface area contributed by atoms with Gasteiger partial charge in [0.1, 0.15) is 5.82 Å². The minimum Gasteiger partial charge on any atom is -0.396 e. The summed E-state index contributed by atoms with van der Waals surface area (Å²) >= 11 is 0. The zero-order valence-corrected chi connectivity index (χ0v) is 15.7. The molecule has 2 N–H and O–H groups in total. The predicted octanol–water partition coefficient (Wildman–Crippen LogP) is 1.47. The molecule has 0 saturated heterocycles. The highest BCUT2D eigenvalue weighted by molar-refractivity contribution is 7.89. The molecule has 2 aromatic carbocycles. The number of carbonyl (C=O) groups is 1. The van der Waals surface area contributed by atoms with Gasteiger partial charge in [0.15, 0.2) is 0 Å². The second-order valence-corrected chi connectivity index (χ2v) is 8.38. The maximum absolute atomic E-state index is 13.8. The fraction of sp³-hybridized carbons (Fsp3) is 0.316. The number of halogens is 1. The van der Waals surface area contributed by atoms with Crippen LogP contribution < -0.4 is 9.62 Å². The molecule has 1 aliphatic rings. The maximum atomic E-state index is 13.8. The van der Waals surface area contributed by atoms with Gasteiger partial charge in [0.2, 0.25) is 15.9 Å². The minimum absolute atomic E-state index is 0.0247. The zero-order valence-electron chi connectivity index (χ0n) is 14.9. The largest absolute Gasteiger partial charge is 0.396 e. The monoisotopic (exact) mass is 392 g/mol. The van der Waals surface area contributed by atoms with Crippen molar-refractivity contribution in [3.05, 3.63) is 59.4 Å². The molecule has 1 atom stereocenters. The smallest absolute Gasteiger partial charge is 0.240 e. The Kier molecular flexibility index (Phi) is 5.59. The van der Waals surface area contributed by atoms with E-state index in [0.29, 0.717) is 16.8 Å². The van der Waals surface area contributed by atoms with Crippen LogP contribution in [-0.2, 0) is 27.7 Å². The summed E-state index contributed by atoms with van der Waals surface area (Å²) in [6.07, 6.45) is 0.386. The molecule has 1 amide bonds. The number of carbonyl (C=O) groups excluding carboxylic acids is 1. The number of aliphatic hydroxyl groups excluding tert-OH is 1. The van der Waals surface area contributed by atoms with Crippen LogP contribution in [-0.4, -0.2) is 39.6 Å². The van der Waals surface area contributed by atoms with Gasteiger partial charge in [-0.3, -0.25) is 4.79 Å². The van der Waals surface area contributed by atoms with Crippen molar-refractivity contribution in [1.82, 2.24) is 4.72 Å². The minimum atomic E-state index is -3.81. The number of fused-ring (bicyclic) bond motifs is 1. The summed E-state index contributed by atoms with van der Waals surface area (Å²) in [6, 6.07) is 10.8. The molecule has 6 nitrogen and oxygen atoms in total. The molecule has 27 heavy (non-hydrogen) atoms. The van der Waals surface area contributed by atoms with Crippen LogP contribution in [0.3, 0.4) is 0 Å². The third-order valence-corrected chi connectivity index (χ3v) is 6.15. The number of likely N-dealkylation sites (N-methyl/N-ethyl adjacent to an activating group) is 1. The number of benzene rings is 2. The van der Waals surface area contributed by atoms with E-state index in [-0.39, 0.29) is 42.6 Å². The van der Waals surface area contributed by atoms with E-state index in [1.807, 2.05) is 0 Å². The molecule has 0 bridgehead atoms. The number of rotatable bonds is 7. The van der Waals surface area contributed by atoms with Gasteiger partial charge in [0.05, 0.1) is 11.3 Å². The highest BCUT2D eigenvalue weighted by atomic mass is 32.2. The number of nitrogens with zero attached hydrogens (tertiary/aromatic N) is 1. The van der Waals surface area contributed by atoms with Crippen LogP contribution in [0, 0.1) is 11.7 Å². The van der Waals surface area contributed by atoms with Gasteiger partial charge in [-0.1, -0.05) is 18.2 Å². The maximum Gasteiger partial charge on any atom is 0.240 e. The summed E-state index contributed by atoms with van der Waals surface area (Å²) in [5.41, 5.74) is 1.79. The van der Waals surface area contributed by atoms with Crippen LogP contribution in [0.15, 0.2) is 47.4 Å². The first-order valence-corrected chi connectivity index (χ1v) is 10.0. The Balaban J connectivity index is 1.70. The van der Waals surface area contributed by atoms with Crippen molar-refractivity contribution >= 4 is 21.6 Å². The van der Waals surface area contributed by atoms with Crippen molar-refractivity contribution in [2.45, 2.75) is 17.7 Å². The number of sulfonamides is 1. The lowest BCUT2D eigenvalue weighted by molar-refractivity contribution is -0.117. The molecule has 0 spiro atoms. The Bertz CT molecular complexity index is 962. The lowest BCUT2D eigenvalue weighted by atomic mass is 10.00. The van der Waals surface area contributed by atoms with Crippen molar-refractivity contribution in [2.24, 2.45) is 5.92 Å². The standard InChI is InChI=1S/C19H21FN2O4S/c1-22-18-7-6-16(9-15(18)10-19(22)24)27(25,26)21-11-13(12-23)8-14-4-2-3-5-17(14)20/h2-7,9,13,21,23H,8,10-12H2,1H3. The predicted molar refractivity (Wildman–Crippen MR) is 99.4 cm³/mol. The van der Waals surface area contributed by atoms with Gasteiger partial charge < -0.3 is 10.0 Å². The number of hydrogen-bond donors (Lipinski definition) is 2. The van der Waals surface area contributed by atoms with Crippen molar-refractivity contribution in [3.63, 3.8) is 0 Å². The summed E-state index contributed by atoms with van der Waals surface area (Å²) in [5.74, 6) is -0.928. The third-order valence-electron chi connectivity index (χ3n) is 4.73. The Morgan fingerprint density at radius 1 is 1.26 bits per heavy atom. The van der Waals surface area contributed by atoms with Crippen LogP contribution in [0.5, 0.6) is 0 Å². The molecule has 2 aromatic rings. The Morgan fingerprint density at radius 3 is 2.70 bits per heavy atom. The van der Waals surface area contributed by atoms with Gasteiger partial charge in [-0.25, -0.2) is 17.5 Å². The van der Waals surface area contributed by atoms with Crippen LogP contribution in [0.2, 0.25) is 0 Å². The van der Waals surface area contributed by atoms with Crippen molar-refractivity contribution in [1.29, 1.82) is 0 Å².